The lowest BCUT2D eigenvalue weighted by Gasteiger charge is -2.29. The highest BCUT2D eigenvalue weighted by atomic mass is 32.2. The predicted octanol–water partition coefficient (Wildman–Crippen LogP) is 5.02. The molecule has 0 aliphatic rings. The van der Waals surface area contributed by atoms with Crippen molar-refractivity contribution < 1.29 is 32.3 Å². The highest BCUT2D eigenvalue weighted by molar-refractivity contribution is 7.90. The quantitative estimate of drug-likeness (QED) is 0.204. The summed E-state index contributed by atoms with van der Waals surface area (Å²) in [6.45, 7) is 10.3. The molecule has 202 valence electrons. The number of hydrogen-bond donors (Lipinski definition) is 1. The van der Waals surface area contributed by atoms with E-state index in [9.17, 15) is 23.3 Å². The van der Waals surface area contributed by atoms with Crippen molar-refractivity contribution in [3.8, 4) is 5.75 Å². The van der Waals surface area contributed by atoms with Crippen LogP contribution < -0.4 is 10.1 Å². The van der Waals surface area contributed by atoms with E-state index in [2.05, 4.69) is 9.71 Å². The number of ether oxygens (including phenoxy) is 3. The number of carbonyl (C=O) groups excluding carboxylic acids is 1. The SMILES string of the molecule is COc1ccc([C@@H](NC(=O)OC(C)(C)C)[C@H](C)/C(=N\S(=O)(=O)c2ccc([N+](=O)[O-])cc2)OC(C)C)cc1. The highest BCUT2D eigenvalue weighted by Crippen LogP contribution is 2.28. The van der Waals surface area contributed by atoms with Crippen LogP contribution in [0.25, 0.3) is 0 Å². The molecule has 0 aliphatic carbocycles. The van der Waals surface area contributed by atoms with Gasteiger partial charge in [-0.25, -0.2) is 4.79 Å². The molecule has 1 N–H and O–H groups in total. The summed E-state index contributed by atoms with van der Waals surface area (Å²) in [4.78, 5) is 22.8. The molecular formula is C25H33N3O8S. The number of non-ortho nitro benzene ring substituents is 1. The third kappa shape index (κ3) is 8.74. The lowest BCUT2D eigenvalue weighted by molar-refractivity contribution is -0.384. The van der Waals surface area contributed by atoms with Gasteiger partial charge in [-0.05, 0) is 64.4 Å². The number of nitro groups is 1. The van der Waals surface area contributed by atoms with E-state index in [1.54, 1.807) is 65.8 Å². The number of carbonyl (C=O) groups is 1. The number of rotatable bonds is 9. The van der Waals surface area contributed by atoms with Crippen molar-refractivity contribution in [1.29, 1.82) is 0 Å². The van der Waals surface area contributed by atoms with Crippen molar-refractivity contribution in [1.82, 2.24) is 5.32 Å². The number of nitrogens with zero attached hydrogens (tertiary/aromatic N) is 2. The topological polar surface area (TPSA) is 146 Å². The number of benzene rings is 2. The first-order valence-corrected chi connectivity index (χ1v) is 13.0. The third-order valence-corrected chi connectivity index (χ3v) is 6.24. The zero-order valence-electron chi connectivity index (χ0n) is 21.9. The Hall–Kier alpha value is -3.67. The molecule has 2 rings (SSSR count). The summed E-state index contributed by atoms with van der Waals surface area (Å²) < 4.78 is 46.6. The molecule has 0 bridgehead atoms. The fraction of sp³-hybridized carbons (Fsp3) is 0.440. The van der Waals surface area contributed by atoms with Crippen LogP contribution in [0.15, 0.2) is 57.8 Å². The number of amides is 1. The molecule has 0 aromatic heterocycles. The fourth-order valence-electron chi connectivity index (χ4n) is 3.25. The zero-order chi connectivity index (χ0) is 28.0. The van der Waals surface area contributed by atoms with Crippen LogP contribution in [0.4, 0.5) is 10.5 Å². The second kappa shape index (κ2) is 12.0. The largest absolute Gasteiger partial charge is 0.497 e. The van der Waals surface area contributed by atoms with Gasteiger partial charge in [0, 0.05) is 12.1 Å². The summed E-state index contributed by atoms with van der Waals surface area (Å²) in [5, 5.41) is 13.7. The van der Waals surface area contributed by atoms with E-state index in [4.69, 9.17) is 14.2 Å². The average molecular weight is 536 g/mol. The molecule has 1 amide bonds. The third-order valence-electron chi connectivity index (χ3n) is 4.95. The van der Waals surface area contributed by atoms with Crippen molar-refractivity contribution in [3.05, 3.63) is 64.2 Å². The number of hydrogen-bond acceptors (Lipinski definition) is 8. The minimum Gasteiger partial charge on any atom is -0.497 e. The summed E-state index contributed by atoms with van der Waals surface area (Å²) in [6.07, 6.45) is -1.14. The predicted molar refractivity (Wildman–Crippen MR) is 138 cm³/mol. The summed E-state index contributed by atoms with van der Waals surface area (Å²) in [6, 6.07) is 10.5. The molecule has 12 heteroatoms. The molecule has 0 heterocycles. The van der Waals surface area contributed by atoms with Crippen molar-refractivity contribution in [3.63, 3.8) is 0 Å². The molecule has 0 radical (unpaired) electrons. The molecule has 2 aromatic rings. The van der Waals surface area contributed by atoms with E-state index >= 15 is 0 Å². The summed E-state index contributed by atoms with van der Waals surface area (Å²) >= 11 is 0. The van der Waals surface area contributed by atoms with E-state index in [0.717, 1.165) is 24.3 Å². The van der Waals surface area contributed by atoms with Crippen LogP contribution in [0, 0.1) is 16.0 Å². The van der Waals surface area contributed by atoms with Crippen LogP contribution in [-0.4, -0.2) is 44.1 Å². The number of alkyl carbamates (subject to hydrolysis) is 1. The first kappa shape index (κ1) is 29.6. The van der Waals surface area contributed by atoms with E-state index in [1.165, 1.54) is 7.11 Å². The number of nitrogens with one attached hydrogen (secondary N) is 1. The van der Waals surface area contributed by atoms with E-state index < -0.39 is 44.7 Å². The lowest BCUT2D eigenvalue weighted by Crippen LogP contribution is -2.40. The van der Waals surface area contributed by atoms with Crippen molar-refractivity contribution in [2.24, 2.45) is 10.3 Å². The molecule has 0 aliphatic heterocycles. The van der Waals surface area contributed by atoms with Gasteiger partial charge in [-0.3, -0.25) is 10.1 Å². The van der Waals surface area contributed by atoms with Gasteiger partial charge in [0.05, 0.1) is 35.0 Å². The molecule has 0 fully saturated rings. The first-order valence-electron chi connectivity index (χ1n) is 11.5. The average Bonchev–Trinajstić information content (AvgIpc) is 2.80. The number of nitro benzene ring substituents is 1. The first-order chi connectivity index (χ1) is 17.1. The maximum Gasteiger partial charge on any atom is 0.408 e. The molecule has 0 saturated carbocycles. The summed E-state index contributed by atoms with van der Waals surface area (Å²) in [7, 11) is -2.77. The Morgan fingerprint density at radius 3 is 2.05 bits per heavy atom. The van der Waals surface area contributed by atoms with Gasteiger partial charge < -0.3 is 19.5 Å². The maximum absolute atomic E-state index is 13.1. The second-order valence-corrected chi connectivity index (χ2v) is 11.1. The van der Waals surface area contributed by atoms with E-state index in [1.807, 2.05) is 0 Å². The van der Waals surface area contributed by atoms with Gasteiger partial charge >= 0.3 is 6.09 Å². The van der Waals surface area contributed by atoms with E-state index in [-0.39, 0.29) is 16.5 Å². The minimum atomic E-state index is -4.30. The molecule has 2 atom stereocenters. The van der Waals surface area contributed by atoms with Crippen molar-refractivity contribution in [2.45, 2.75) is 64.2 Å². The van der Waals surface area contributed by atoms with Gasteiger partial charge in [0.2, 0.25) is 5.90 Å². The second-order valence-electron chi connectivity index (χ2n) is 9.51. The Labute approximate surface area is 217 Å². The van der Waals surface area contributed by atoms with Crippen LogP contribution in [0.5, 0.6) is 5.75 Å². The number of methoxy groups -OCH3 is 1. The molecule has 0 unspecified atom stereocenters. The van der Waals surface area contributed by atoms with Crippen LogP contribution in [-0.2, 0) is 19.5 Å². The van der Waals surface area contributed by atoms with Gasteiger partial charge in [-0.1, -0.05) is 19.1 Å². The highest BCUT2D eigenvalue weighted by Gasteiger charge is 2.31. The minimum absolute atomic E-state index is 0.148. The van der Waals surface area contributed by atoms with Crippen molar-refractivity contribution >= 4 is 27.7 Å². The number of sulfonamides is 1. The summed E-state index contributed by atoms with van der Waals surface area (Å²) in [5.41, 5.74) is -0.384. The zero-order valence-corrected chi connectivity index (χ0v) is 22.7. The van der Waals surface area contributed by atoms with Crippen LogP contribution >= 0.6 is 0 Å². The standard InChI is InChI=1S/C25H33N3O8S/c1-16(2)35-23(27-37(32,33)21-14-10-19(11-15-21)28(30)31)17(3)22(26-24(29)36-25(4,5)6)18-8-12-20(34-7)13-9-18/h8-17,22H,1-7H3,(H,26,29)/b27-23+/t17-,22-/m0/s1. The van der Waals surface area contributed by atoms with Crippen molar-refractivity contribution in [2.75, 3.05) is 7.11 Å². The van der Waals surface area contributed by atoms with Gasteiger partial charge in [0.25, 0.3) is 15.7 Å². The Bertz CT molecular complexity index is 1220. The molecule has 0 saturated heterocycles. The Morgan fingerprint density at radius 2 is 1.59 bits per heavy atom. The van der Waals surface area contributed by atoms with Gasteiger partial charge in [-0.2, -0.15) is 8.42 Å². The van der Waals surface area contributed by atoms with Crippen LogP contribution in [0.2, 0.25) is 0 Å². The summed E-state index contributed by atoms with van der Waals surface area (Å²) in [5.74, 6) is -0.318. The fourth-order valence-corrected chi connectivity index (χ4v) is 4.28. The molecule has 0 spiro atoms. The van der Waals surface area contributed by atoms with Crippen LogP contribution in [0.3, 0.4) is 0 Å². The molecule has 2 aromatic carbocycles. The van der Waals surface area contributed by atoms with E-state index in [0.29, 0.717) is 11.3 Å². The van der Waals surface area contributed by atoms with Gasteiger partial charge in [0.15, 0.2) is 0 Å². The Kier molecular flexibility index (Phi) is 9.62. The monoisotopic (exact) mass is 535 g/mol. The molecular weight excluding hydrogens is 502 g/mol. The normalized spacial score (nSPS) is 14.0. The Balaban J connectivity index is 2.54. The van der Waals surface area contributed by atoms with Crippen LogP contribution in [0.1, 0.15) is 53.1 Å². The molecule has 11 nitrogen and oxygen atoms in total. The van der Waals surface area contributed by atoms with Gasteiger partial charge in [-0.15, -0.1) is 4.40 Å². The molecule has 37 heavy (non-hydrogen) atoms. The van der Waals surface area contributed by atoms with Gasteiger partial charge in [0.1, 0.15) is 11.4 Å². The maximum atomic E-state index is 13.1. The smallest absolute Gasteiger partial charge is 0.408 e. The lowest BCUT2D eigenvalue weighted by atomic mass is 9.94. The Morgan fingerprint density at radius 1 is 1.03 bits per heavy atom.